The zero-order valence-corrected chi connectivity index (χ0v) is 16.3. The normalized spacial score (nSPS) is 20.1. The van der Waals surface area contributed by atoms with E-state index in [4.69, 9.17) is 9.26 Å². The summed E-state index contributed by atoms with van der Waals surface area (Å²) < 4.78 is 10.7. The van der Waals surface area contributed by atoms with E-state index in [2.05, 4.69) is 55.1 Å². The van der Waals surface area contributed by atoms with Crippen molar-refractivity contribution in [3.8, 4) is 0 Å². The van der Waals surface area contributed by atoms with E-state index >= 15 is 0 Å². The summed E-state index contributed by atoms with van der Waals surface area (Å²) in [6.45, 7) is 7.76. The van der Waals surface area contributed by atoms with Gasteiger partial charge in [-0.3, -0.25) is 9.89 Å². The summed E-state index contributed by atoms with van der Waals surface area (Å²) in [6, 6.07) is 4.57. The van der Waals surface area contributed by atoms with Gasteiger partial charge in [-0.25, -0.2) is 0 Å². The molecule has 9 heteroatoms. The van der Waals surface area contributed by atoms with E-state index in [0.29, 0.717) is 18.3 Å². The first-order chi connectivity index (χ1) is 12.7. The molecule has 2 aromatic rings. The Kier molecular flexibility index (Phi) is 6.59. The van der Waals surface area contributed by atoms with Crippen LogP contribution in [0.4, 0.5) is 0 Å². The summed E-state index contributed by atoms with van der Waals surface area (Å²) in [5.41, 5.74) is 0. The van der Waals surface area contributed by atoms with Gasteiger partial charge < -0.3 is 19.9 Å². The fourth-order valence-corrected chi connectivity index (χ4v) is 3.87. The highest BCUT2D eigenvalue weighted by molar-refractivity contribution is 7.10. The van der Waals surface area contributed by atoms with Gasteiger partial charge in [0.1, 0.15) is 0 Å². The Morgan fingerprint density at radius 1 is 1.50 bits per heavy atom. The Hall–Kier alpha value is -1.97. The Balaban J connectivity index is 1.59. The van der Waals surface area contributed by atoms with Gasteiger partial charge in [0.15, 0.2) is 11.8 Å². The SMILES string of the molecule is CN=C(NCc1noc(C)n1)NCC(c1cccs1)N1CCOC(C)C1. The molecule has 3 rings (SSSR count). The molecule has 0 aliphatic carbocycles. The summed E-state index contributed by atoms with van der Waals surface area (Å²) in [6.07, 6.45) is 0.255. The number of ether oxygens (including phenoxy) is 1. The molecule has 2 atom stereocenters. The Morgan fingerprint density at radius 3 is 3.04 bits per heavy atom. The van der Waals surface area contributed by atoms with Crippen LogP contribution in [-0.4, -0.2) is 60.4 Å². The number of nitrogens with one attached hydrogen (secondary N) is 2. The quantitative estimate of drug-likeness (QED) is 0.583. The number of nitrogens with zero attached hydrogens (tertiary/aromatic N) is 4. The molecule has 2 unspecified atom stereocenters. The van der Waals surface area contributed by atoms with Gasteiger partial charge in [0.25, 0.3) is 0 Å². The molecule has 0 spiro atoms. The van der Waals surface area contributed by atoms with Gasteiger partial charge in [0.2, 0.25) is 5.89 Å². The van der Waals surface area contributed by atoms with E-state index in [-0.39, 0.29) is 12.1 Å². The molecular weight excluding hydrogens is 352 g/mol. The monoisotopic (exact) mass is 378 g/mol. The van der Waals surface area contributed by atoms with Crippen molar-refractivity contribution in [2.75, 3.05) is 33.3 Å². The zero-order chi connectivity index (χ0) is 18.4. The van der Waals surface area contributed by atoms with Crippen molar-refractivity contribution in [3.63, 3.8) is 0 Å². The predicted octanol–water partition coefficient (Wildman–Crippen LogP) is 1.57. The third-order valence-electron chi connectivity index (χ3n) is 4.25. The molecule has 0 bridgehead atoms. The number of morpholine rings is 1. The Morgan fingerprint density at radius 2 is 2.38 bits per heavy atom. The molecule has 142 valence electrons. The van der Waals surface area contributed by atoms with E-state index in [9.17, 15) is 0 Å². The van der Waals surface area contributed by atoms with Crippen molar-refractivity contribution < 1.29 is 9.26 Å². The van der Waals surface area contributed by atoms with Crippen LogP contribution in [0.2, 0.25) is 0 Å². The zero-order valence-electron chi connectivity index (χ0n) is 15.4. The molecule has 26 heavy (non-hydrogen) atoms. The van der Waals surface area contributed by atoms with Crippen LogP contribution in [0.3, 0.4) is 0 Å². The second-order valence-electron chi connectivity index (χ2n) is 6.24. The number of aliphatic imine (C=N–C) groups is 1. The van der Waals surface area contributed by atoms with Crippen molar-refractivity contribution in [3.05, 3.63) is 34.1 Å². The average Bonchev–Trinajstić information content (AvgIpc) is 3.30. The second kappa shape index (κ2) is 9.11. The van der Waals surface area contributed by atoms with Crippen molar-refractivity contribution in [1.29, 1.82) is 0 Å². The Bertz CT molecular complexity index is 702. The first-order valence-electron chi connectivity index (χ1n) is 8.78. The van der Waals surface area contributed by atoms with Crippen molar-refractivity contribution in [2.45, 2.75) is 32.5 Å². The molecule has 2 aromatic heterocycles. The lowest BCUT2D eigenvalue weighted by Crippen LogP contribution is -2.48. The molecule has 3 heterocycles. The van der Waals surface area contributed by atoms with Crippen LogP contribution in [0.25, 0.3) is 0 Å². The maximum atomic E-state index is 5.69. The second-order valence-corrected chi connectivity index (χ2v) is 7.22. The van der Waals surface area contributed by atoms with Gasteiger partial charge in [0.05, 0.1) is 25.3 Å². The largest absolute Gasteiger partial charge is 0.376 e. The topological polar surface area (TPSA) is 87.8 Å². The summed E-state index contributed by atoms with van der Waals surface area (Å²) in [4.78, 5) is 12.3. The number of thiophene rings is 1. The lowest BCUT2D eigenvalue weighted by atomic mass is 10.1. The fourth-order valence-electron chi connectivity index (χ4n) is 3.01. The number of aromatic nitrogens is 2. The van der Waals surface area contributed by atoms with E-state index in [1.165, 1.54) is 4.88 Å². The van der Waals surface area contributed by atoms with E-state index in [1.54, 1.807) is 25.3 Å². The fraction of sp³-hybridized carbons (Fsp3) is 0.588. The average molecular weight is 379 g/mol. The number of guanidine groups is 1. The summed E-state index contributed by atoms with van der Waals surface area (Å²) in [7, 11) is 1.76. The molecule has 1 aliphatic heterocycles. The van der Waals surface area contributed by atoms with Gasteiger partial charge in [-0.2, -0.15) is 4.98 Å². The lowest BCUT2D eigenvalue weighted by Gasteiger charge is -2.37. The third kappa shape index (κ3) is 5.03. The van der Waals surface area contributed by atoms with Gasteiger partial charge in [-0.1, -0.05) is 11.2 Å². The van der Waals surface area contributed by atoms with E-state index < -0.39 is 0 Å². The number of rotatable bonds is 6. The predicted molar refractivity (Wildman–Crippen MR) is 101 cm³/mol. The maximum absolute atomic E-state index is 5.69. The molecule has 1 fully saturated rings. The van der Waals surface area contributed by atoms with Crippen LogP contribution in [0, 0.1) is 6.92 Å². The Labute approximate surface area is 157 Å². The molecule has 1 aliphatic rings. The molecule has 1 saturated heterocycles. The van der Waals surface area contributed by atoms with E-state index in [0.717, 1.165) is 32.2 Å². The van der Waals surface area contributed by atoms with Crippen molar-refractivity contribution in [2.24, 2.45) is 4.99 Å². The van der Waals surface area contributed by atoms with Crippen LogP contribution in [0.15, 0.2) is 27.0 Å². The first-order valence-corrected chi connectivity index (χ1v) is 9.66. The van der Waals surface area contributed by atoms with E-state index in [1.807, 2.05) is 0 Å². The van der Waals surface area contributed by atoms with Crippen LogP contribution < -0.4 is 10.6 Å². The molecule has 2 N–H and O–H groups in total. The third-order valence-corrected chi connectivity index (χ3v) is 5.23. The van der Waals surface area contributed by atoms with Crippen LogP contribution >= 0.6 is 11.3 Å². The molecule has 0 radical (unpaired) electrons. The van der Waals surface area contributed by atoms with Crippen LogP contribution in [-0.2, 0) is 11.3 Å². The molecule has 8 nitrogen and oxygen atoms in total. The summed E-state index contributed by atoms with van der Waals surface area (Å²) >= 11 is 1.78. The highest BCUT2D eigenvalue weighted by atomic mass is 32.1. The van der Waals surface area contributed by atoms with Crippen molar-refractivity contribution >= 4 is 17.3 Å². The highest BCUT2D eigenvalue weighted by Crippen LogP contribution is 2.26. The standard InChI is InChI=1S/C17H26N6O2S/c1-12-11-23(6-7-24-12)14(15-5-4-8-26-15)9-19-17(18-3)20-10-16-21-13(2)25-22-16/h4-5,8,12,14H,6-7,9-11H2,1-3H3,(H2,18,19,20). The number of hydrogen-bond acceptors (Lipinski definition) is 7. The number of hydrogen-bond donors (Lipinski definition) is 2. The number of aryl methyl sites for hydroxylation is 1. The van der Waals surface area contributed by atoms with Gasteiger partial charge in [-0.15, -0.1) is 11.3 Å². The molecular formula is C17H26N6O2S. The van der Waals surface area contributed by atoms with Gasteiger partial charge in [-0.05, 0) is 18.4 Å². The minimum atomic E-state index is 0.255. The lowest BCUT2D eigenvalue weighted by molar-refractivity contribution is -0.0334. The van der Waals surface area contributed by atoms with Gasteiger partial charge in [0, 0.05) is 38.5 Å². The highest BCUT2D eigenvalue weighted by Gasteiger charge is 2.26. The van der Waals surface area contributed by atoms with Crippen LogP contribution in [0.1, 0.15) is 29.6 Å². The molecule has 0 amide bonds. The van der Waals surface area contributed by atoms with Crippen molar-refractivity contribution in [1.82, 2.24) is 25.7 Å². The van der Waals surface area contributed by atoms with Gasteiger partial charge >= 0.3 is 0 Å². The molecule has 0 saturated carbocycles. The summed E-state index contributed by atoms with van der Waals surface area (Å²) in [5.74, 6) is 1.89. The minimum absolute atomic E-state index is 0.255. The maximum Gasteiger partial charge on any atom is 0.223 e. The minimum Gasteiger partial charge on any atom is -0.376 e. The first kappa shape index (κ1) is 18.8. The summed E-state index contributed by atoms with van der Waals surface area (Å²) in [5, 5.41) is 12.7. The van der Waals surface area contributed by atoms with Crippen LogP contribution in [0.5, 0.6) is 0 Å². The smallest absolute Gasteiger partial charge is 0.223 e. The molecule has 0 aromatic carbocycles.